The highest BCUT2D eigenvalue weighted by molar-refractivity contribution is 7.12. The summed E-state index contributed by atoms with van der Waals surface area (Å²) in [4.78, 5) is 4.49. The molecule has 2 N–H and O–H groups in total. The van der Waals surface area contributed by atoms with E-state index in [1.54, 1.807) is 24.3 Å². The molecule has 0 radical (unpaired) electrons. The second-order valence-corrected chi connectivity index (χ2v) is 5.99. The second-order valence-electron chi connectivity index (χ2n) is 5.13. The summed E-state index contributed by atoms with van der Waals surface area (Å²) in [6, 6.07) is 16.6. The fourth-order valence-corrected chi connectivity index (χ4v) is 2.78. The van der Waals surface area contributed by atoms with E-state index in [0.717, 1.165) is 11.3 Å². The highest BCUT2D eigenvalue weighted by Gasteiger charge is 2.10. The number of rotatable bonds is 4. The average molecular weight is 334 g/mol. The molecule has 5 nitrogen and oxygen atoms in total. The summed E-state index contributed by atoms with van der Waals surface area (Å²) >= 11 is 1.37. The Kier molecular flexibility index (Phi) is 4.54. The molecule has 0 bridgehead atoms. The van der Waals surface area contributed by atoms with Gasteiger partial charge >= 0.3 is 0 Å². The Bertz CT molecular complexity index is 905. The Hall–Kier alpha value is -3.17. The van der Waals surface area contributed by atoms with Crippen molar-refractivity contribution in [3.8, 4) is 23.1 Å². The van der Waals surface area contributed by atoms with Crippen molar-refractivity contribution in [2.24, 2.45) is 5.10 Å². The summed E-state index contributed by atoms with van der Waals surface area (Å²) < 4.78 is 0. The molecule has 0 aliphatic heterocycles. The van der Waals surface area contributed by atoms with E-state index in [2.05, 4.69) is 21.6 Å². The van der Waals surface area contributed by atoms with Gasteiger partial charge in [0.05, 0.1) is 11.4 Å². The number of phenolic OH excluding ortho intramolecular Hbond substituents is 1. The summed E-state index contributed by atoms with van der Waals surface area (Å²) in [6.45, 7) is 2.03. The highest BCUT2D eigenvalue weighted by Crippen LogP contribution is 2.23. The Morgan fingerprint density at radius 1 is 1.17 bits per heavy atom. The quantitative estimate of drug-likeness (QED) is 0.426. The molecule has 0 amide bonds. The van der Waals surface area contributed by atoms with E-state index in [9.17, 15) is 10.4 Å². The minimum absolute atomic E-state index is 0.174. The van der Waals surface area contributed by atoms with Gasteiger partial charge in [0.15, 0.2) is 10.7 Å². The molecule has 0 saturated heterocycles. The predicted molar refractivity (Wildman–Crippen MR) is 96.2 cm³/mol. The van der Waals surface area contributed by atoms with Crippen LogP contribution >= 0.6 is 11.3 Å². The first-order chi connectivity index (χ1) is 11.7. The molecule has 6 heteroatoms. The average Bonchev–Trinajstić information content (AvgIpc) is 3.08. The Morgan fingerprint density at radius 2 is 1.88 bits per heavy atom. The number of nitrogens with one attached hydrogen (secondary N) is 1. The number of hydrogen-bond acceptors (Lipinski definition) is 6. The van der Waals surface area contributed by atoms with Crippen LogP contribution in [0.15, 0.2) is 59.0 Å². The van der Waals surface area contributed by atoms with Gasteiger partial charge in [-0.15, -0.1) is 11.3 Å². The highest BCUT2D eigenvalue weighted by atomic mass is 32.1. The van der Waals surface area contributed by atoms with Crippen molar-refractivity contribution in [1.29, 1.82) is 5.26 Å². The SMILES string of the molecule is Cc1ccc(-c2csc(C(C#N)=NNc3ccc(O)cc3)n2)cc1. The van der Waals surface area contributed by atoms with Crippen LogP contribution in [0.3, 0.4) is 0 Å². The lowest BCUT2D eigenvalue weighted by Crippen LogP contribution is -2.01. The summed E-state index contributed by atoms with van der Waals surface area (Å²) in [5, 5.41) is 25.2. The molecular weight excluding hydrogens is 320 g/mol. The first-order valence-electron chi connectivity index (χ1n) is 7.21. The van der Waals surface area contributed by atoms with Gasteiger partial charge in [-0.1, -0.05) is 29.8 Å². The Labute approximate surface area is 143 Å². The van der Waals surface area contributed by atoms with Crippen LogP contribution in [0.5, 0.6) is 5.75 Å². The largest absolute Gasteiger partial charge is 0.508 e. The second kappa shape index (κ2) is 6.94. The molecule has 0 spiro atoms. The zero-order valence-electron chi connectivity index (χ0n) is 12.9. The van der Waals surface area contributed by atoms with Crippen LogP contribution in [-0.4, -0.2) is 15.8 Å². The van der Waals surface area contributed by atoms with Crippen LogP contribution in [0, 0.1) is 18.3 Å². The van der Waals surface area contributed by atoms with E-state index in [0.29, 0.717) is 10.7 Å². The van der Waals surface area contributed by atoms with Crippen molar-refractivity contribution in [2.75, 3.05) is 5.43 Å². The zero-order valence-corrected chi connectivity index (χ0v) is 13.7. The predicted octanol–water partition coefficient (Wildman–Crippen LogP) is 4.16. The van der Waals surface area contributed by atoms with Crippen molar-refractivity contribution >= 4 is 22.7 Å². The first kappa shape index (κ1) is 15.7. The fourth-order valence-electron chi connectivity index (χ4n) is 2.02. The number of aromatic hydroxyl groups is 1. The number of aromatic nitrogens is 1. The maximum atomic E-state index is 9.32. The van der Waals surface area contributed by atoms with Crippen LogP contribution in [0.4, 0.5) is 5.69 Å². The zero-order chi connectivity index (χ0) is 16.9. The molecule has 24 heavy (non-hydrogen) atoms. The minimum Gasteiger partial charge on any atom is -0.508 e. The monoisotopic (exact) mass is 334 g/mol. The molecule has 1 heterocycles. The van der Waals surface area contributed by atoms with Gasteiger partial charge in [0.25, 0.3) is 0 Å². The summed E-state index contributed by atoms with van der Waals surface area (Å²) in [7, 11) is 0. The number of phenols is 1. The van der Waals surface area contributed by atoms with Crippen LogP contribution in [0.1, 0.15) is 10.6 Å². The van der Waals surface area contributed by atoms with Crippen molar-refractivity contribution < 1.29 is 5.11 Å². The van der Waals surface area contributed by atoms with E-state index < -0.39 is 0 Å². The van der Waals surface area contributed by atoms with Gasteiger partial charge in [-0.05, 0) is 31.2 Å². The normalized spacial score (nSPS) is 11.1. The molecule has 0 unspecified atom stereocenters. The lowest BCUT2D eigenvalue weighted by atomic mass is 10.1. The standard InChI is InChI=1S/C18H14N4OS/c1-12-2-4-13(5-3-12)17-11-24-18(20-17)16(10-19)22-21-14-6-8-15(23)9-7-14/h2-9,11,21,23H,1H3. The number of anilines is 1. The van der Waals surface area contributed by atoms with Crippen molar-refractivity contribution in [1.82, 2.24) is 4.98 Å². The number of nitriles is 1. The number of hydrazone groups is 1. The molecule has 0 saturated carbocycles. The van der Waals surface area contributed by atoms with Gasteiger partial charge in [0, 0.05) is 10.9 Å². The third kappa shape index (κ3) is 3.59. The molecule has 118 valence electrons. The number of thiazole rings is 1. The lowest BCUT2D eigenvalue weighted by molar-refractivity contribution is 0.475. The molecule has 0 fully saturated rings. The molecule has 0 aliphatic rings. The number of benzene rings is 2. The van der Waals surface area contributed by atoms with E-state index in [-0.39, 0.29) is 11.5 Å². The van der Waals surface area contributed by atoms with E-state index in [1.807, 2.05) is 36.6 Å². The summed E-state index contributed by atoms with van der Waals surface area (Å²) in [5.41, 5.74) is 6.70. The molecule has 0 aliphatic carbocycles. The topological polar surface area (TPSA) is 81.3 Å². The van der Waals surface area contributed by atoms with Gasteiger partial charge in [0.2, 0.25) is 0 Å². The van der Waals surface area contributed by atoms with Gasteiger partial charge in [-0.3, -0.25) is 5.43 Å². The first-order valence-corrected chi connectivity index (χ1v) is 8.09. The van der Waals surface area contributed by atoms with Crippen LogP contribution in [0.2, 0.25) is 0 Å². The number of aryl methyl sites for hydroxylation is 1. The maximum Gasteiger partial charge on any atom is 0.196 e. The summed E-state index contributed by atoms with van der Waals surface area (Å²) in [5.74, 6) is 0.174. The van der Waals surface area contributed by atoms with Crippen molar-refractivity contribution in [2.45, 2.75) is 6.92 Å². The van der Waals surface area contributed by atoms with Crippen LogP contribution in [-0.2, 0) is 0 Å². The third-order valence-electron chi connectivity index (χ3n) is 3.32. The van der Waals surface area contributed by atoms with Gasteiger partial charge in [0.1, 0.15) is 11.8 Å². The minimum atomic E-state index is 0.174. The molecule has 3 rings (SSSR count). The Morgan fingerprint density at radius 3 is 2.54 bits per heavy atom. The fraction of sp³-hybridized carbons (Fsp3) is 0.0556. The molecule has 3 aromatic rings. The third-order valence-corrected chi connectivity index (χ3v) is 4.17. The van der Waals surface area contributed by atoms with E-state index in [1.165, 1.54) is 16.9 Å². The van der Waals surface area contributed by atoms with Crippen molar-refractivity contribution in [3.05, 3.63) is 64.5 Å². The van der Waals surface area contributed by atoms with E-state index in [4.69, 9.17) is 0 Å². The van der Waals surface area contributed by atoms with Crippen LogP contribution < -0.4 is 5.43 Å². The van der Waals surface area contributed by atoms with Gasteiger partial charge < -0.3 is 5.11 Å². The van der Waals surface area contributed by atoms with Gasteiger partial charge in [-0.25, -0.2) is 4.98 Å². The van der Waals surface area contributed by atoms with E-state index >= 15 is 0 Å². The molecular formula is C18H14N4OS. The van der Waals surface area contributed by atoms with Gasteiger partial charge in [-0.2, -0.15) is 10.4 Å². The number of hydrogen-bond donors (Lipinski definition) is 2. The molecule has 2 aromatic carbocycles. The van der Waals surface area contributed by atoms with Crippen LogP contribution in [0.25, 0.3) is 11.3 Å². The smallest absolute Gasteiger partial charge is 0.196 e. The molecule has 0 atom stereocenters. The maximum absolute atomic E-state index is 9.32. The molecule has 1 aromatic heterocycles. The number of nitrogens with zero attached hydrogens (tertiary/aromatic N) is 3. The summed E-state index contributed by atoms with van der Waals surface area (Å²) in [6.07, 6.45) is 0. The van der Waals surface area contributed by atoms with Crippen molar-refractivity contribution in [3.63, 3.8) is 0 Å². The Balaban J connectivity index is 1.81. The lowest BCUT2D eigenvalue weighted by Gasteiger charge is -2.00.